The number of nitrogens with one attached hydrogen (secondary N) is 1. The van der Waals surface area contributed by atoms with E-state index in [0.717, 1.165) is 29.2 Å². The topological polar surface area (TPSA) is 62.8 Å². The molecule has 2 aromatic rings. The number of hydrogen-bond acceptors (Lipinski definition) is 3. The van der Waals surface area contributed by atoms with Gasteiger partial charge in [-0.15, -0.1) is 0 Å². The van der Waals surface area contributed by atoms with E-state index in [2.05, 4.69) is 9.97 Å². The molecule has 0 spiro atoms. The third-order valence-corrected chi connectivity index (χ3v) is 5.25. The van der Waals surface area contributed by atoms with Gasteiger partial charge in [0, 0.05) is 12.7 Å². The van der Waals surface area contributed by atoms with Crippen molar-refractivity contribution in [3.63, 3.8) is 0 Å². The van der Waals surface area contributed by atoms with Crippen LogP contribution in [0.15, 0.2) is 23.1 Å². The van der Waals surface area contributed by atoms with Crippen molar-refractivity contribution in [2.24, 2.45) is 5.92 Å². The van der Waals surface area contributed by atoms with Crippen LogP contribution in [0.5, 0.6) is 0 Å². The Morgan fingerprint density at radius 3 is 2.70 bits per heavy atom. The van der Waals surface area contributed by atoms with E-state index in [1.54, 1.807) is 18.2 Å². The Balaban J connectivity index is 1.86. The molecule has 0 amide bonds. The first-order valence-corrected chi connectivity index (χ1v) is 9.10. The molecule has 0 saturated heterocycles. The van der Waals surface area contributed by atoms with Crippen LogP contribution in [0, 0.1) is 5.92 Å². The van der Waals surface area contributed by atoms with Crippen LogP contribution >= 0.6 is 0 Å². The van der Waals surface area contributed by atoms with Crippen LogP contribution in [0.1, 0.15) is 37.9 Å². The standard InChI is InChI=1S/C15H20N2O2S/c1-20(18,19)12-7-8-13-14(10-12)17-15(16-13)9-11-5-3-2-4-6-11/h7-8,10-11H,2-6,9H2,1H3,(H,16,17). The molecule has 1 aromatic carbocycles. The van der Waals surface area contributed by atoms with Gasteiger partial charge in [-0.1, -0.05) is 32.1 Å². The lowest BCUT2D eigenvalue weighted by atomic mass is 9.87. The molecule has 4 nitrogen and oxygen atoms in total. The molecule has 0 unspecified atom stereocenters. The van der Waals surface area contributed by atoms with Crippen molar-refractivity contribution < 1.29 is 8.42 Å². The maximum Gasteiger partial charge on any atom is 0.175 e. The van der Waals surface area contributed by atoms with Crippen LogP contribution in [0.2, 0.25) is 0 Å². The predicted octanol–water partition coefficient (Wildman–Crippen LogP) is 3.09. The van der Waals surface area contributed by atoms with Gasteiger partial charge >= 0.3 is 0 Å². The number of sulfone groups is 1. The lowest BCUT2D eigenvalue weighted by Crippen LogP contribution is -2.10. The predicted molar refractivity (Wildman–Crippen MR) is 79.5 cm³/mol. The maximum atomic E-state index is 11.6. The van der Waals surface area contributed by atoms with E-state index in [9.17, 15) is 8.42 Å². The monoisotopic (exact) mass is 292 g/mol. The molecular formula is C15H20N2O2S. The first-order chi connectivity index (χ1) is 9.52. The van der Waals surface area contributed by atoms with Gasteiger partial charge in [-0.2, -0.15) is 0 Å². The number of nitrogens with zero attached hydrogens (tertiary/aromatic N) is 1. The molecule has 1 saturated carbocycles. The molecule has 108 valence electrons. The quantitative estimate of drug-likeness (QED) is 0.945. The van der Waals surface area contributed by atoms with Crippen molar-refractivity contribution in [3.8, 4) is 0 Å². The second-order valence-corrected chi connectivity index (χ2v) is 7.86. The van der Waals surface area contributed by atoms with Crippen molar-refractivity contribution in [2.75, 3.05) is 6.26 Å². The van der Waals surface area contributed by atoms with E-state index in [4.69, 9.17) is 0 Å². The summed E-state index contributed by atoms with van der Waals surface area (Å²) in [5.41, 5.74) is 1.67. The van der Waals surface area contributed by atoms with Gasteiger partial charge in [0.15, 0.2) is 9.84 Å². The van der Waals surface area contributed by atoms with Crippen LogP contribution in [0.25, 0.3) is 11.0 Å². The molecule has 1 aliphatic rings. The molecule has 0 radical (unpaired) electrons. The van der Waals surface area contributed by atoms with Gasteiger partial charge in [-0.05, 0) is 24.1 Å². The van der Waals surface area contributed by atoms with Gasteiger partial charge < -0.3 is 4.98 Å². The van der Waals surface area contributed by atoms with Gasteiger partial charge in [0.2, 0.25) is 0 Å². The minimum Gasteiger partial charge on any atom is -0.342 e. The summed E-state index contributed by atoms with van der Waals surface area (Å²) in [6.07, 6.45) is 8.77. The van der Waals surface area contributed by atoms with E-state index < -0.39 is 9.84 Å². The summed E-state index contributed by atoms with van der Waals surface area (Å²) < 4.78 is 23.1. The minimum atomic E-state index is -3.16. The van der Waals surface area contributed by atoms with E-state index >= 15 is 0 Å². The van der Waals surface area contributed by atoms with Gasteiger partial charge in [-0.3, -0.25) is 0 Å². The lowest BCUT2D eigenvalue weighted by molar-refractivity contribution is 0.352. The van der Waals surface area contributed by atoms with E-state index in [1.165, 1.54) is 38.4 Å². The Morgan fingerprint density at radius 1 is 1.25 bits per heavy atom. The molecule has 3 rings (SSSR count). The fraction of sp³-hybridized carbons (Fsp3) is 0.533. The largest absolute Gasteiger partial charge is 0.342 e. The third-order valence-electron chi connectivity index (χ3n) is 4.14. The van der Waals surface area contributed by atoms with Crippen molar-refractivity contribution in [1.29, 1.82) is 0 Å². The average Bonchev–Trinajstić information content (AvgIpc) is 2.80. The highest BCUT2D eigenvalue weighted by atomic mass is 32.2. The lowest BCUT2D eigenvalue weighted by Gasteiger charge is -2.20. The van der Waals surface area contributed by atoms with Gasteiger partial charge in [0.25, 0.3) is 0 Å². The second kappa shape index (κ2) is 5.20. The fourth-order valence-electron chi connectivity index (χ4n) is 3.03. The number of imidazole rings is 1. The molecule has 0 atom stereocenters. The second-order valence-electron chi connectivity index (χ2n) is 5.84. The molecule has 5 heteroatoms. The number of H-pyrrole nitrogens is 1. The molecule has 1 N–H and O–H groups in total. The van der Waals surface area contributed by atoms with E-state index in [1.807, 2.05) is 0 Å². The Hall–Kier alpha value is -1.36. The zero-order valence-electron chi connectivity index (χ0n) is 11.7. The van der Waals surface area contributed by atoms with Crippen LogP contribution in [-0.2, 0) is 16.3 Å². The number of aromatic nitrogens is 2. The number of hydrogen-bond donors (Lipinski definition) is 1. The summed E-state index contributed by atoms with van der Waals surface area (Å²) in [7, 11) is -3.16. The Morgan fingerprint density at radius 2 is 2.00 bits per heavy atom. The molecule has 1 aliphatic carbocycles. The van der Waals surface area contributed by atoms with Gasteiger partial charge in [-0.25, -0.2) is 13.4 Å². The molecular weight excluding hydrogens is 272 g/mol. The van der Waals surface area contributed by atoms with E-state index in [-0.39, 0.29) is 0 Å². The SMILES string of the molecule is CS(=O)(=O)c1ccc2nc(CC3CCCCC3)[nH]c2c1. The molecule has 20 heavy (non-hydrogen) atoms. The van der Waals surface area contributed by atoms with Crippen molar-refractivity contribution in [3.05, 3.63) is 24.0 Å². The fourth-order valence-corrected chi connectivity index (χ4v) is 3.68. The zero-order valence-corrected chi connectivity index (χ0v) is 12.5. The number of benzene rings is 1. The molecule has 0 aliphatic heterocycles. The van der Waals surface area contributed by atoms with Crippen LogP contribution in [-0.4, -0.2) is 24.6 Å². The third kappa shape index (κ3) is 2.87. The van der Waals surface area contributed by atoms with Crippen LogP contribution in [0.3, 0.4) is 0 Å². The van der Waals surface area contributed by atoms with Crippen molar-refractivity contribution in [1.82, 2.24) is 9.97 Å². The highest BCUT2D eigenvalue weighted by molar-refractivity contribution is 7.90. The average molecular weight is 292 g/mol. The first kappa shape index (κ1) is 13.6. The Bertz CT molecular complexity index is 713. The summed E-state index contributed by atoms with van der Waals surface area (Å²) in [5, 5.41) is 0. The van der Waals surface area contributed by atoms with Gasteiger partial charge in [0.1, 0.15) is 5.82 Å². The molecule has 1 fully saturated rings. The maximum absolute atomic E-state index is 11.6. The molecule has 1 heterocycles. The Kier molecular flexibility index (Phi) is 3.54. The summed E-state index contributed by atoms with van der Waals surface area (Å²) in [5.74, 6) is 1.70. The minimum absolute atomic E-state index is 0.345. The highest BCUT2D eigenvalue weighted by Gasteiger charge is 2.16. The van der Waals surface area contributed by atoms with Crippen LogP contribution in [0.4, 0.5) is 0 Å². The summed E-state index contributed by atoms with van der Waals surface area (Å²) in [4.78, 5) is 8.20. The summed E-state index contributed by atoms with van der Waals surface area (Å²) in [6, 6.07) is 5.09. The molecule has 0 bridgehead atoms. The number of fused-ring (bicyclic) bond motifs is 1. The highest BCUT2D eigenvalue weighted by Crippen LogP contribution is 2.27. The number of aromatic amines is 1. The summed E-state index contributed by atoms with van der Waals surface area (Å²) >= 11 is 0. The normalized spacial score (nSPS) is 17.6. The van der Waals surface area contributed by atoms with Crippen molar-refractivity contribution in [2.45, 2.75) is 43.4 Å². The van der Waals surface area contributed by atoms with E-state index in [0.29, 0.717) is 4.90 Å². The smallest absolute Gasteiger partial charge is 0.175 e. The first-order valence-electron chi connectivity index (χ1n) is 7.21. The Labute approximate surface area is 119 Å². The van der Waals surface area contributed by atoms with Gasteiger partial charge in [0.05, 0.1) is 15.9 Å². The van der Waals surface area contributed by atoms with Crippen molar-refractivity contribution >= 4 is 20.9 Å². The zero-order chi connectivity index (χ0) is 14.2. The molecule has 1 aromatic heterocycles. The number of rotatable bonds is 3. The summed E-state index contributed by atoms with van der Waals surface area (Å²) in [6.45, 7) is 0. The van der Waals surface area contributed by atoms with Crippen LogP contribution < -0.4 is 0 Å².